The molecule has 63 heavy (non-hydrogen) atoms. The van der Waals surface area contributed by atoms with Gasteiger partial charge in [-0.05, 0) is 96.1 Å². The number of carbonyl (C=O) groups is 6. The van der Waals surface area contributed by atoms with Gasteiger partial charge < -0.3 is 20.9 Å². The number of nitrogens with zero attached hydrogens (tertiary/aromatic N) is 4. The molecule has 4 aromatic carbocycles. The first-order valence-electron chi connectivity index (χ1n) is 18.1. The molecule has 0 saturated carbocycles. The van der Waals surface area contributed by atoms with Crippen LogP contribution < -0.4 is 30.7 Å². The van der Waals surface area contributed by atoms with Crippen LogP contribution in [0.25, 0.3) is 0 Å². The summed E-state index contributed by atoms with van der Waals surface area (Å²) >= 11 is 0. The Balaban J connectivity index is 1.06. The lowest BCUT2D eigenvalue weighted by molar-refractivity contribution is -0.288. The number of nitrogen functional groups attached to an aromatic ring is 2. The highest BCUT2D eigenvalue weighted by Gasteiger charge is 2.72. The number of esters is 2. The van der Waals surface area contributed by atoms with Crippen molar-refractivity contribution >= 4 is 58.6 Å². The van der Waals surface area contributed by atoms with E-state index in [1.54, 1.807) is 0 Å². The van der Waals surface area contributed by atoms with Crippen molar-refractivity contribution in [3.05, 3.63) is 166 Å². The van der Waals surface area contributed by atoms with Crippen LogP contribution in [-0.4, -0.2) is 57.9 Å². The predicted octanol–water partition coefficient (Wildman–Crippen LogP) is 7.09. The summed E-state index contributed by atoms with van der Waals surface area (Å²) in [6.45, 7) is 0. The Morgan fingerprint density at radius 3 is 1.14 bits per heavy atom. The number of hydrogen-bond acceptors (Lipinski definition) is 12. The van der Waals surface area contributed by atoms with Gasteiger partial charge in [-0.3, -0.25) is 19.2 Å². The smallest absolute Gasteiger partial charge is 0.411 e. The summed E-state index contributed by atoms with van der Waals surface area (Å²) in [7, 11) is 0. The molecule has 0 unspecified atom stereocenters. The van der Waals surface area contributed by atoms with Crippen molar-refractivity contribution in [2.24, 2.45) is 0 Å². The molecule has 14 nitrogen and oxygen atoms in total. The Morgan fingerprint density at radius 2 is 0.825 bits per heavy atom. The second kappa shape index (κ2) is 14.9. The summed E-state index contributed by atoms with van der Waals surface area (Å²) in [6, 6.07) is 17.0. The van der Waals surface area contributed by atoms with Crippen LogP contribution in [0.1, 0.15) is 73.3 Å². The molecule has 0 saturated heterocycles. The van der Waals surface area contributed by atoms with Gasteiger partial charge in [-0.15, -0.1) is 0 Å². The van der Waals surface area contributed by atoms with Crippen LogP contribution in [0.3, 0.4) is 0 Å². The summed E-state index contributed by atoms with van der Waals surface area (Å²) in [4.78, 5) is 87.8. The molecule has 0 fully saturated rings. The maximum atomic E-state index is 15.1. The van der Waals surface area contributed by atoms with Crippen molar-refractivity contribution in [3.8, 4) is 11.5 Å². The average molecular weight is 867 g/mol. The molecule has 0 bridgehead atoms. The Labute approximate surface area is 349 Å². The van der Waals surface area contributed by atoms with Crippen LogP contribution in [-0.2, 0) is 5.41 Å². The van der Waals surface area contributed by atoms with Crippen LogP contribution in [0.15, 0.2) is 122 Å². The van der Waals surface area contributed by atoms with Crippen molar-refractivity contribution in [1.82, 2.24) is 9.97 Å². The van der Waals surface area contributed by atoms with Gasteiger partial charge in [-0.25, -0.2) is 29.4 Å². The van der Waals surface area contributed by atoms with Gasteiger partial charge in [0, 0.05) is 0 Å². The van der Waals surface area contributed by atoms with E-state index in [1.807, 2.05) is 0 Å². The zero-order chi connectivity index (χ0) is 45.2. The third-order valence-corrected chi connectivity index (χ3v) is 10.2. The molecule has 0 aliphatic carbocycles. The average Bonchev–Trinajstić information content (AvgIpc) is 3.65. The zero-order valence-corrected chi connectivity index (χ0v) is 31.5. The van der Waals surface area contributed by atoms with Crippen LogP contribution in [0.4, 0.5) is 49.4 Å². The summed E-state index contributed by atoms with van der Waals surface area (Å²) in [5.41, 5.74) is 1.52. The van der Waals surface area contributed by atoms with Gasteiger partial charge in [0.1, 0.15) is 23.1 Å². The fraction of sp³-hybridized carbons (Fsp3) is 0.0698. The third-order valence-electron chi connectivity index (χ3n) is 10.2. The minimum atomic E-state index is -6.07. The third kappa shape index (κ3) is 6.91. The maximum absolute atomic E-state index is 15.1. The quantitative estimate of drug-likeness (QED) is 0.0894. The van der Waals surface area contributed by atoms with E-state index >= 15 is 26.3 Å². The van der Waals surface area contributed by atoms with Gasteiger partial charge in [-0.1, -0.05) is 24.3 Å². The van der Waals surface area contributed by atoms with Crippen LogP contribution >= 0.6 is 0 Å². The molecule has 4 N–H and O–H groups in total. The monoisotopic (exact) mass is 866 g/mol. The Bertz CT molecular complexity index is 2710. The lowest BCUT2D eigenvalue weighted by Crippen LogP contribution is -2.54. The molecule has 316 valence electrons. The summed E-state index contributed by atoms with van der Waals surface area (Å²) in [5.74, 6) is -5.56. The van der Waals surface area contributed by atoms with Crippen molar-refractivity contribution in [2.75, 3.05) is 21.3 Å². The molecular weight excluding hydrogens is 842 g/mol. The van der Waals surface area contributed by atoms with E-state index in [1.165, 1.54) is 48.8 Å². The van der Waals surface area contributed by atoms with Gasteiger partial charge in [0.15, 0.2) is 0 Å². The molecular formula is C43H24F6N6O8. The van der Waals surface area contributed by atoms with Crippen molar-refractivity contribution in [3.63, 3.8) is 0 Å². The summed E-state index contributed by atoms with van der Waals surface area (Å²) in [5, 5.41) is 0. The van der Waals surface area contributed by atoms with Gasteiger partial charge >= 0.3 is 24.3 Å². The first-order valence-corrected chi connectivity index (χ1v) is 18.1. The van der Waals surface area contributed by atoms with Gasteiger partial charge in [0.05, 0.1) is 57.1 Å². The van der Waals surface area contributed by atoms with E-state index < -0.39 is 64.5 Å². The van der Waals surface area contributed by atoms with E-state index in [-0.39, 0.29) is 67.9 Å². The van der Waals surface area contributed by atoms with Crippen LogP contribution in [0.2, 0.25) is 0 Å². The number of carbonyl (C=O) groups excluding carboxylic acids is 6. The van der Waals surface area contributed by atoms with Gasteiger partial charge in [-0.2, -0.15) is 26.3 Å². The lowest BCUT2D eigenvalue weighted by atomic mass is 9.73. The molecule has 6 aromatic rings. The van der Waals surface area contributed by atoms with E-state index in [2.05, 4.69) is 9.97 Å². The number of hydrogen-bond donors (Lipinski definition) is 2. The predicted molar refractivity (Wildman–Crippen MR) is 208 cm³/mol. The number of nitrogens with two attached hydrogens (primary N) is 2. The van der Waals surface area contributed by atoms with Gasteiger partial charge in [0.25, 0.3) is 23.6 Å². The van der Waals surface area contributed by atoms with Crippen LogP contribution in [0, 0.1) is 0 Å². The fourth-order valence-corrected chi connectivity index (χ4v) is 7.14. The largest absolute Gasteiger partial charge is 0.421 e. The van der Waals surface area contributed by atoms with Crippen molar-refractivity contribution in [1.29, 1.82) is 0 Å². The molecule has 2 aromatic heterocycles. The van der Waals surface area contributed by atoms with E-state index in [0.717, 1.165) is 48.5 Å². The molecule has 8 rings (SSSR count). The highest BCUT2D eigenvalue weighted by molar-refractivity contribution is 6.35. The molecule has 4 heterocycles. The Hall–Kier alpha value is -8.42. The normalized spacial score (nSPS) is 13.9. The first kappa shape index (κ1) is 41.3. The minimum absolute atomic E-state index is 0.0112. The summed E-state index contributed by atoms with van der Waals surface area (Å²) < 4.78 is 101. The molecule has 4 amide bonds. The van der Waals surface area contributed by atoms with E-state index in [9.17, 15) is 28.8 Å². The zero-order valence-electron chi connectivity index (χ0n) is 31.5. The molecule has 0 spiro atoms. The molecule has 20 heteroatoms. The second-order valence-corrected chi connectivity index (χ2v) is 13.9. The first-order chi connectivity index (χ1) is 29.8. The number of anilines is 4. The highest BCUT2D eigenvalue weighted by atomic mass is 19.4. The maximum Gasteiger partial charge on any atom is 0.411 e. The minimum Gasteiger partial charge on any atom is -0.421 e. The number of rotatable bonds is 8. The fourth-order valence-electron chi connectivity index (χ4n) is 7.14. The molecule has 2 aliphatic rings. The topological polar surface area (TPSA) is 205 Å². The molecule has 2 aliphatic heterocycles. The number of fused-ring (bicyclic) bond motifs is 2. The Morgan fingerprint density at radius 1 is 0.476 bits per heavy atom. The number of pyridine rings is 2. The van der Waals surface area contributed by atoms with Crippen molar-refractivity contribution in [2.45, 2.75) is 17.8 Å². The number of ether oxygens (including phenoxy) is 2. The number of imide groups is 2. The summed E-state index contributed by atoms with van der Waals surface area (Å²) in [6.07, 6.45) is -9.80. The molecule has 0 atom stereocenters. The van der Waals surface area contributed by atoms with E-state index in [4.69, 9.17) is 20.9 Å². The number of benzene rings is 4. The number of halogens is 6. The van der Waals surface area contributed by atoms with Crippen LogP contribution in [0.5, 0.6) is 11.5 Å². The van der Waals surface area contributed by atoms with E-state index in [0.29, 0.717) is 34.1 Å². The number of amides is 4. The standard InChI is InChI=1S/C43H24F6N6O8/c44-42(45,46)41(43(47,48)49,23-3-7-25(8-4-23)54-35(56)29-13-1-21(17-31(29)37(54)58)39(60)62-27-11-15-33(50)52-19-27)24-5-9-26(10-6-24)55-36(57)30-14-2-22(18-32(30)38(55)59)40(61)63-28-12-16-34(51)53-20-28/h1-20H,(H2,50,52)(H2,51,53). The van der Waals surface area contributed by atoms with Gasteiger partial charge in [0.2, 0.25) is 5.41 Å². The SMILES string of the molecule is Nc1ccc(OC(=O)c2ccc3c(c2)C(=O)N(c2ccc(C(c4ccc(N5C(=O)c6ccc(C(=O)Oc7ccc(N)nc7)cc6C5=O)cc4)(C(F)(F)F)C(F)(F)F)cc2)C3=O)cn1. The lowest BCUT2D eigenvalue weighted by Gasteiger charge is -2.38. The highest BCUT2D eigenvalue weighted by Crippen LogP contribution is 2.56. The molecule has 0 radical (unpaired) electrons. The Kier molecular flexibility index (Phi) is 9.80. The number of aromatic nitrogens is 2. The number of alkyl halides is 6. The van der Waals surface area contributed by atoms with Crippen molar-refractivity contribution < 1.29 is 64.6 Å². The second-order valence-electron chi connectivity index (χ2n) is 13.9.